The van der Waals surface area contributed by atoms with Crippen LogP contribution in [0.4, 0.5) is 13.2 Å². The summed E-state index contributed by atoms with van der Waals surface area (Å²) in [6.45, 7) is 5.23. The molecule has 1 aromatic rings. The number of likely N-dealkylation sites (tertiary alicyclic amines) is 1. The number of aliphatic carboxylic acids is 1. The maximum absolute atomic E-state index is 12.9. The average molecular weight is 493 g/mol. The van der Waals surface area contributed by atoms with Crippen molar-refractivity contribution in [3.63, 3.8) is 0 Å². The van der Waals surface area contributed by atoms with Gasteiger partial charge in [0.15, 0.2) is 0 Å². The monoisotopic (exact) mass is 492 g/mol. The Hall–Kier alpha value is -2.00. The van der Waals surface area contributed by atoms with Crippen molar-refractivity contribution in [2.24, 2.45) is 11.8 Å². The third kappa shape index (κ3) is 6.99. The normalized spacial score (nSPS) is 24.1. The van der Waals surface area contributed by atoms with E-state index in [1.807, 2.05) is 18.7 Å². The van der Waals surface area contributed by atoms with E-state index in [9.17, 15) is 22.8 Å². The van der Waals surface area contributed by atoms with Gasteiger partial charge in [0.1, 0.15) is 11.9 Å². The quantitative estimate of drug-likeness (QED) is 0.591. The Morgan fingerprint density at radius 2 is 1.82 bits per heavy atom. The van der Waals surface area contributed by atoms with Gasteiger partial charge in [-0.05, 0) is 70.1 Å². The number of hydrogen-bond donors (Lipinski definition) is 2. The van der Waals surface area contributed by atoms with E-state index in [2.05, 4.69) is 5.32 Å². The van der Waals surface area contributed by atoms with Crippen LogP contribution in [0.5, 0.6) is 5.75 Å². The van der Waals surface area contributed by atoms with E-state index in [4.69, 9.17) is 9.84 Å². The van der Waals surface area contributed by atoms with Gasteiger partial charge in [0.2, 0.25) is 5.91 Å². The van der Waals surface area contributed by atoms with Crippen molar-refractivity contribution in [2.75, 3.05) is 19.6 Å². The molecule has 33 heavy (non-hydrogen) atoms. The Morgan fingerprint density at radius 1 is 1.15 bits per heavy atom. The van der Waals surface area contributed by atoms with Gasteiger partial charge in [0, 0.05) is 19.6 Å². The van der Waals surface area contributed by atoms with Crippen LogP contribution in [0.1, 0.15) is 51.5 Å². The predicted octanol–water partition coefficient (Wildman–Crippen LogP) is 4.37. The minimum atomic E-state index is -4.42. The van der Waals surface area contributed by atoms with E-state index in [1.165, 1.54) is 12.1 Å². The largest absolute Gasteiger partial charge is 0.489 e. The lowest BCUT2D eigenvalue weighted by molar-refractivity contribution is -0.143. The first kappa shape index (κ1) is 27.2. The van der Waals surface area contributed by atoms with E-state index in [1.54, 1.807) is 0 Å². The topological polar surface area (TPSA) is 78.9 Å². The van der Waals surface area contributed by atoms with Gasteiger partial charge >= 0.3 is 12.1 Å². The maximum Gasteiger partial charge on any atom is 0.416 e. The second kappa shape index (κ2) is 11.0. The second-order valence-corrected chi connectivity index (χ2v) is 9.33. The van der Waals surface area contributed by atoms with Crippen molar-refractivity contribution in [2.45, 2.75) is 63.8 Å². The van der Waals surface area contributed by atoms with Gasteiger partial charge in [-0.1, -0.05) is 6.07 Å². The molecule has 1 aliphatic heterocycles. The van der Waals surface area contributed by atoms with E-state index in [0.29, 0.717) is 38.9 Å². The van der Waals surface area contributed by atoms with Crippen LogP contribution in [0, 0.1) is 11.8 Å². The van der Waals surface area contributed by atoms with Crippen molar-refractivity contribution in [3.05, 3.63) is 29.8 Å². The first-order valence-corrected chi connectivity index (χ1v) is 11.1. The lowest BCUT2D eigenvalue weighted by Gasteiger charge is -2.35. The van der Waals surface area contributed by atoms with Crippen LogP contribution in [-0.2, 0) is 15.8 Å². The number of hydrogen-bond acceptors (Lipinski definition) is 4. The molecule has 3 rings (SSSR count). The molecule has 2 fully saturated rings. The summed E-state index contributed by atoms with van der Waals surface area (Å²) in [4.78, 5) is 25.9. The van der Waals surface area contributed by atoms with Gasteiger partial charge in [-0.3, -0.25) is 14.5 Å². The van der Waals surface area contributed by atoms with Gasteiger partial charge in [0.05, 0.1) is 17.0 Å². The molecule has 186 valence electrons. The zero-order valence-electron chi connectivity index (χ0n) is 18.9. The molecular weight excluding hydrogens is 461 g/mol. The highest BCUT2D eigenvalue weighted by atomic mass is 35.5. The van der Waals surface area contributed by atoms with Crippen LogP contribution < -0.4 is 10.1 Å². The summed E-state index contributed by atoms with van der Waals surface area (Å²) < 4.78 is 44.5. The average Bonchev–Trinajstić information content (AvgIpc) is 3.21. The highest BCUT2D eigenvalue weighted by Crippen LogP contribution is 2.33. The molecule has 10 heteroatoms. The van der Waals surface area contributed by atoms with Crippen LogP contribution in [0.2, 0.25) is 0 Å². The predicted molar refractivity (Wildman–Crippen MR) is 119 cm³/mol. The van der Waals surface area contributed by atoms with Gasteiger partial charge in [-0.25, -0.2) is 0 Å². The molecule has 1 saturated carbocycles. The molecule has 1 aliphatic carbocycles. The van der Waals surface area contributed by atoms with Crippen molar-refractivity contribution in [1.82, 2.24) is 10.2 Å². The summed E-state index contributed by atoms with van der Waals surface area (Å²) in [5, 5.41) is 12.1. The number of carbonyl (C=O) groups is 2. The van der Waals surface area contributed by atoms with E-state index >= 15 is 0 Å². The summed E-state index contributed by atoms with van der Waals surface area (Å²) >= 11 is 0. The van der Waals surface area contributed by atoms with Gasteiger partial charge in [-0.2, -0.15) is 13.2 Å². The second-order valence-electron chi connectivity index (χ2n) is 9.33. The number of nitrogens with zero attached hydrogens (tertiary/aromatic N) is 1. The minimum absolute atomic E-state index is 0. The van der Waals surface area contributed by atoms with Crippen LogP contribution in [0.3, 0.4) is 0 Å². The fraction of sp³-hybridized carbons (Fsp3) is 0.652. The lowest BCUT2D eigenvalue weighted by atomic mass is 9.82. The molecule has 0 spiro atoms. The lowest BCUT2D eigenvalue weighted by Crippen LogP contribution is -2.55. The molecule has 0 bridgehead atoms. The van der Waals surface area contributed by atoms with E-state index in [-0.39, 0.29) is 42.0 Å². The molecule has 1 atom stereocenters. The van der Waals surface area contributed by atoms with Crippen molar-refractivity contribution < 1.29 is 32.6 Å². The standard InChI is InChI=1S/C23H31F3N2O4.ClH/c1-22(2,21(31)27-13-15-6-8-16(9-7-15)20(29)30)28-11-10-19(14-28)32-18-5-3-4-17(12-18)23(24,25)26;/h3-5,12,15-16,19H,6-11,13-14H2,1-2H3,(H,27,31)(H,29,30);1H/t15?,16?,19-;/m1./s1. The highest BCUT2D eigenvalue weighted by molar-refractivity contribution is 5.85. The van der Waals surface area contributed by atoms with Gasteiger partial charge in [-0.15, -0.1) is 12.4 Å². The number of carbonyl (C=O) groups excluding carboxylic acids is 1. The number of amides is 1. The summed E-state index contributed by atoms with van der Waals surface area (Å²) in [6.07, 6.45) is -1.25. The summed E-state index contributed by atoms with van der Waals surface area (Å²) in [5.74, 6) is -0.689. The first-order chi connectivity index (χ1) is 15.0. The molecule has 1 heterocycles. The summed E-state index contributed by atoms with van der Waals surface area (Å²) in [5.41, 5.74) is -1.54. The molecule has 0 radical (unpaired) electrons. The molecule has 0 aromatic heterocycles. The van der Waals surface area contributed by atoms with Crippen molar-refractivity contribution in [1.29, 1.82) is 0 Å². The number of carboxylic acid groups (broad SMARTS) is 1. The zero-order chi connectivity index (χ0) is 23.5. The molecule has 1 aromatic carbocycles. The number of benzene rings is 1. The number of alkyl halides is 3. The van der Waals surface area contributed by atoms with Crippen molar-refractivity contribution in [3.8, 4) is 5.75 Å². The van der Waals surface area contributed by atoms with E-state index in [0.717, 1.165) is 25.0 Å². The number of halogens is 4. The Morgan fingerprint density at radius 3 is 2.42 bits per heavy atom. The molecule has 0 unspecified atom stereocenters. The summed E-state index contributed by atoms with van der Waals surface area (Å²) in [6, 6.07) is 4.84. The number of nitrogens with one attached hydrogen (secondary N) is 1. The number of rotatable bonds is 7. The SMILES string of the molecule is CC(C)(C(=O)NCC1CCC(C(=O)O)CC1)N1CC[C@@H](Oc2cccc(C(F)(F)F)c2)C1.Cl. The zero-order valence-corrected chi connectivity index (χ0v) is 19.7. The van der Waals surface area contributed by atoms with Gasteiger partial charge in [0.25, 0.3) is 0 Å². The van der Waals surface area contributed by atoms with Crippen LogP contribution >= 0.6 is 12.4 Å². The summed E-state index contributed by atoms with van der Waals surface area (Å²) in [7, 11) is 0. The Labute approximate surface area is 198 Å². The van der Waals surface area contributed by atoms with Crippen LogP contribution in [0.15, 0.2) is 24.3 Å². The fourth-order valence-electron chi connectivity index (χ4n) is 4.48. The Bertz CT molecular complexity index is 826. The number of carboxylic acids is 1. The molecular formula is C23H32ClF3N2O4. The molecule has 6 nitrogen and oxygen atoms in total. The first-order valence-electron chi connectivity index (χ1n) is 11.1. The fourth-order valence-corrected chi connectivity index (χ4v) is 4.48. The molecule has 1 amide bonds. The maximum atomic E-state index is 12.9. The van der Waals surface area contributed by atoms with Crippen LogP contribution in [-0.4, -0.2) is 53.2 Å². The molecule has 1 saturated heterocycles. The minimum Gasteiger partial charge on any atom is -0.489 e. The smallest absolute Gasteiger partial charge is 0.416 e. The van der Waals surface area contributed by atoms with E-state index < -0.39 is 23.2 Å². The number of ether oxygens (including phenoxy) is 1. The Kier molecular flexibility index (Phi) is 9.04. The highest BCUT2D eigenvalue weighted by Gasteiger charge is 2.40. The third-order valence-electron chi connectivity index (χ3n) is 6.70. The van der Waals surface area contributed by atoms with Crippen LogP contribution in [0.25, 0.3) is 0 Å². The molecule has 2 N–H and O–H groups in total. The third-order valence-corrected chi connectivity index (χ3v) is 6.70. The molecule has 2 aliphatic rings. The van der Waals surface area contributed by atoms with Gasteiger partial charge < -0.3 is 15.2 Å². The van der Waals surface area contributed by atoms with Crippen molar-refractivity contribution >= 4 is 24.3 Å². The Balaban J connectivity index is 0.00000385.